The number of ether oxygens (including phenoxy) is 1. The van der Waals surface area contributed by atoms with Crippen LogP contribution in [0.2, 0.25) is 0 Å². The van der Waals surface area contributed by atoms with Gasteiger partial charge in [0.25, 0.3) is 0 Å². The Kier molecular flexibility index (Phi) is 3.79. The average Bonchev–Trinajstić information content (AvgIpc) is 3.16. The number of aromatic hydroxyl groups is 1. The van der Waals surface area contributed by atoms with Crippen molar-refractivity contribution in [3.8, 4) is 5.75 Å². The Morgan fingerprint density at radius 3 is 2.67 bits per heavy atom. The van der Waals surface area contributed by atoms with Crippen LogP contribution in [0.3, 0.4) is 0 Å². The van der Waals surface area contributed by atoms with Gasteiger partial charge in [-0.25, -0.2) is 0 Å². The third-order valence-electron chi connectivity index (χ3n) is 3.99. The number of hydrogen-bond donors (Lipinski definition) is 2. The van der Waals surface area contributed by atoms with Gasteiger partial charge >= 0.3 is 0 Å². The van der Waals surface area contributed by atoms with Gasteiger partial charge in [0.2, 0.25) is 11.7 Å². The molecule has 0 radical (unpaired) electrons. The Hall–Kier alpha value is -2.08. The number of benzene rings is 1. The normalized spacial score (nSPS) is 17.0. The predicted octanol–water partition coefficient (Wildman–Crippen LogP) is 2.80. The molecule has 0 atom stereocenters. The van der Waals surface area contributed by atoms with Crippen molar-refractivity contribution in [1.29, 1.82) is 0 Å². The molecule has 6 nitrogen and oxygen atoms in total. The number of hydrogen-bond acceptors (Lipinski definition) is 6. The summed E-state index contributed by atoms with van der Waals surface area (Å²) in [4.78, 5) is 4.45. The van der Waals surface area contributed by atoms with Crippen molar-refractivity contribution < 1.29 is 14.4 Å². The van der Waals surface area contributed by atoms with Crippen molar-refractivity contribution in [2.45, 2.75) is 37.8 Å². The second-order valence-electron chi connectivity index (χ2n) is 5.32. The molecule has 1 aliphatic rings. The first kappa shape index (κ1) is 13.9. The van der Waals surface area contributed by atoms with E-state index in [0.717, 1.165) is 31.4 Å². The lowest BCUT2D eigenvalue weighted by Gasteiger charge is -2.22. The Morgan fingerprint density at radius 2 is 2.00 bits per heavy atom. The summed E-state index contributed by atoms with van der Waals surface area (Å²) in [5, 5.41) is 16.5. The van der Waals surface area contributed by atoms with Gasteiger partial charge in [-0.2, -0.15) is 4.98 Å². The van der Waals surface area contributed by atoms with Crippen molar-refractivity contribution in [2.24, 2.45) is 0 Å². The van der Waals surface area contributed by atoms with E-state index in [2.05, 4.69) is 15.5 Å². The van der Waals surface area contributed by atoms with E-state index in [0.29, 0.717) is 18.3 Å². The molecule has 0 spiro atoms. The highest BCUT2D eigenvalue weighted by Crippen LogP contribution is 2.40. The summed E-state index contributed by atoms with van der Waals surface area (Å²) in [6, 6.07) is 6.83. The van der Waals surface area contributed by atoms with E-state index in [9.17, 15) is 5.11 Å². The zero-order valence-electron chi connectivity index (χ0n) is 12.0. The first-order chi connectivity index (χ1) is 10.2. The number of nitrogens with one attached hydrogen (secondary N) is 1. The van der Waals surface area contributed by atoms with Crippen molar-refractivity contribution >= 4 is 5.69 Å². The fourth-order valence-corrected chi connectivity index (χ4v) is 2.73. The summed E-state index contributed by atoms with van der Waals surface area (Å²) >= 11 is 0. The van der Waals surface area contributed by atoms with Crippen LogP contribution < -0.4 is 5.32 Å². The Balaban J connectivity index is 1.66. The number of phenols is 1. The molecule has 0 saturated heterocycles. The van der Waals surface area contributed by atoms with Crippen molar-refractivity contribution in [2.75, 3.05) is 12.4 Å². The summed E-state index contributed by atoms with van der Waals surface area (Å²) in [5.74, 6) is 1.41. The smallest absolute Gasteiger partial charge is 0.246 e. The van der Waals surface area contributed by atoms with E-state index in [1.807, 2.05) is 0 Å². The standard InChI is InChI=1S/C15H19N3O3/c1-20-15(8-2-3-9-15)14-17-13(21-18-14)10-16-11-4-6-12(19)7-5-11/h4-7,16,19H,2-3,8-10H2,1H3. The summed E-state index contributed by atoms with van der Waals surface area (Å²) < 4.78 is 10.9. The number of rotatable bonds is 5. The maximum absolute atomic E-state index is 9.24. The minimum atomic E-state index is -0.375. The molecule has 1 aromatic carbocycles. The first-order valence-electron chi connectivity index (χ1n) is 7.13. The number of nitrogens with zero attached hydrogens (tertiary/aromatic N) is 2. The topological polar surface area (TPSA) is 80.4 Å². The highest BCUT2D eigenvalue weighted by molar-refractivity contribution is 5.45. The van der Waals surface area contributed by atoms with Crippen LogP contribution in [0.25, 0.3) is 0 Å². The van der Waals surface area contributed by atoms with Crippen LogP contribution in [0, 0.1) is 0 Å². The molecular formula is C15H19N3O3. The maximum Gasteiger partial charge on any atom is 0.246 e. The molecule has 6 heteroatoms. The number of phenolic OH excluding ortho intramolecular Hbond substituents is 1. The minimum absolute atomic E-state index is 0.240. The van der Waals surface area contributed by atoms with E-state index < -0.39 is 0 Å². The molecule has 0 aliphatic heterocycles. The van der Waals surface area contributed by atoms with Crippen LogP contribution in [0.4, 0.5) is 5.69 Å². The fourth-order valence-electron chi connectivity index (χ4n) is 2.73. The molecule has 3 rings (SSSR count). The van der Waals surface area contributed by atoms with Gasteiger partial charge in [0.05, 0.1) is 6.54 Å². The molecule has 21 heavy (non-hydrogen) atoms. The van der Waals surface area contributed by atoms with Gasteiger partial charge in [-0.05, 0) is 49.9 Å². The van der Waals surface area contributed by atoms with Crippen LogP contribution in [0.15, 0.2) is 28.8 Å². The zero-order valence-corrected chi connectivity index (χ0v) is 12.0. The second-order valence-corrected chi connectivity index (χ2v) is 5.32. The number of aromatic nitrogens is 2. The molecule has 1 heterocycles. The van der Waals surface area contributed by atoms with E-state index in [1.54, 1.807) is 31.4 Å². The van der Waals surface area contributed by atoms with Crippen molar-refractivity contribution in [1.82, 2.24) is 10.1 Å². The van der Waals surface area contributed by atoms with Gasteiger partial charge in [-0.1, -0.05) is 5.16 Å². The Labute approximate surface area is 123 Å². The van der Waals surface area contributed by atoms with E-state index in [1.165, 1.54) is 0 Å². The largest absolute Gasteiger partial charge is 0.508 e. The van der Waals surface area contributed by atoms with Crippen molar-refractivity contribution in [3.63, 3.8) is 0 Å². The van der Waals surface area contributed by atoms with E-state index in [4.69, 9.17) is 9.26 Å². The summed E-state index contributed by atoms with van der Waals surface area (Å²) in [5.41, 5.74) is 0.509. The van der Waals surface area contributed by atoms with Gasteiger partial charge < -0.3 is 19.7 Å². The Morgan fingerprint density at radius 1 is 1.29 bits per heavy atom. The van der Waals surface area contributed by atoms with Gasteiger partial charge in [0.1, 0.15) is 11.4 Å². The molecule has 1 saturated carbocycles. The van der Waals surface area contributed by atoms with Crippen LogP contribution in [0.5, 0.6) is 5.75 Å². The molecule has 2 aromatic rings. The van der Waals surface area contributed by atoms with Crippen LogP contribution >= 0.6 is 0 Å². The lowest BCUT2D eigenvalue weighted by molar-refractivity contribution is -0.0178. The molecule has 0 unspecified atom stereocenters. The Bertz CT molecular complexity index is 588. The summed E-state index contributed by atoms with van der Waals surface area (Å²) in [7, 11) is 1.70. The zero-order chi connectivity index (χ0) is 14.7. The maximum atomic E-state index is 9.24. The van der Waals surface area contributed by atoms with E-state index >= 15 is 0 Å². The highest BCUT2D eigenvalue weighted by atomic mass is 16.5. The summed E-state index contributed by atoms with van der Waals surface area (Å²) in [6.07, 6.45) is 4.13. The molecule has 1 aromatic heterocycles. The highest BCUT2D eigenvalue weighted by Gasteiger charge is 2.40. The summed E-state index contributed by atoms with van der Waals surface area (Å²) in [6.45, 7) is 0.442. The van der Waals surface area contributed by atoms with Gasteiger partial charge in [0.15, 0.2) is 0 Å². The second kappa shape index (κ2) is 5.73. The SMILES string of the molecule is COC1(c2noc(CNc3ccc(O)cc3)n2)CCCC1. The third kappa shape index (κ3) is 2.85. The monoisotopic (exact) mass is 289 g/mol. The third-order valence-corrected chi connectivity index (χ3v) is 3.99. The lowest BCUT2D eigenvalue weighted by atomic mass is 10.0. The quantitative estimate of drug-likeness (QED) is 0.824. The van der Waals surface area contributed by atoms with Crippen molar-refractivity contribution in [3.05, 3.63) is 36.0 Å². The average molecular weight is 289 g/mol. The van der Waals surface area contributed by atoms with Gasteiger partial charge in [-0.15, -0.1) is 0 Å². The van der Waals surface area contributed by atoms with Gasteiger partial charge in [0, 0.05) is 12.8 Å². The molecule has 0 amide bonds. The van der Waals surface area contributed by atoms with Gasteiger partial charge in [-0.3, -0.25) is 0 Å². The minimum Gasteiger partial charge on any atom is -0.508 e. The molecule has 2 N–H and O–H groups in total. The number of anilines is 1. The van der Waals surface area contributed by atoms with Crippen LogP contribution in [-0.4, -0.2) is 22.4 Å². The first-order valence-corrected chi connectivity index (χ1v) is 7.13. The molecule has 0 bridgehead atoms. The molecule has 112 valence electrons. The fraction of sp³-hybridized carbons (Fsp3) is 0.467. The lowest BCUT2D eigenvalue weighted by Crippen LogP contribution is -2.26. The van der Waals surface area contributed by atoms with E-state index in [-0.39, 0.29) is 11.4 Å². The van der Waals surface area contributed by atoms with Crippen LogP contribution in [0.1, 0.15) is 37.4 Å². The number of methoxy groups -OCH3 is 1. The molecule has 1 aliphatic carbocycles. The molecule has 1 fully saturated rings. The predicted molar refractivity (Wildman–Crippen MR) is 76.9 cm³/mol. The molecular weight excluding hydrogens is 270 g/mol. The van der Waals surface area contributed by atoms with Crippen LogP contribution in [-0.2, 0) is 16.9 Å².